The highest BCUT2D eigenvalue weighted by molar-refractivity contribution is 7.78. The van der Waals surface area contributed by atoms with Crippen molar-refractivity contribution in [1.82, 2.24) is 15.1 Å². The topological polar surface area (TPSA) is 18.5 Å². The van der Waals surface area contributed by atoms with Crippen molar-refractivity contribution in [2.75, 3.05) is 32.7 Å². The van der Waals surface area contributed by atoms with Crippen LogP contribution in [0.2, 0.25) is 0 Å². The van der Waals surface area contributed by atoms with Crippen LogP contribution in [0.4, 0.5) is 13.2 Å². The lowest BCUT2D eigenvalue weighted by Gasteiger charge is -2.38. The fraction of sp³-hybridized carbons (Fsp3) is 0.615. The Bertz CT molecular complexity index is 398. The van der Waals surface area contributed by atoms with E-state index in [1.54, 1.807) is 0 Å². The minimum absolute atomic E-state index is 0.277. The molecule has 7 heteroatoms. The van der Waals surface area contributed by atoms with E-state index in [9.17, 15) is 13.2 Å². The smallest absolute Gasteiger partial charge is 0.353 e. The highest BCUT2D eigenvalue weighted by Gasteiger charge is 2.32. The molecule has 0 aromatic heterocycles. The summed E-state index contributed by atoms with van der Waals surface area (Å²) in [6.45, 7) is 1.49. The van der Waals surface area contributed by atoms with Crippen LogP contribution in [0.5, 0.6) is 0 Å². The first kappa shape index (κ1) is 15.5. The second kappa shape index (κ2) is 6.69. The lowest BCUT2D eigenvalue weighted by atomic mass is 10.0. The Hall–Kier alpha value is -0.920. The van der Waals surface area contributed by atoms with Crippen molar-refractivity contribution in [3.8, 4) is 0 Å². The third-order valence-electron chi connectivity index (χ3n) is 3.58. The second-order valence-electron chi connectivity index (χ2n) is 5.01. The van der Waals surface area contributed by atoms with Crippen LogP contribution >= 0.6 is 12.2 Å². The monoisotopic (exact) mass is 305 g/mol. The van der Waals surface area contributed by atoms with Gasteiger partial charge in [0.05, 0.1) is 12.0 Å². The van der Waals surface area contributed by atoms with Crippen molar-refractivity contribution in [2.24, 2.45) is 0 Å². The number of hydrogen-bond donors (Lipinski definition) is 1. The van der Waals surface area contributed by atoms with E-state index in [4.69, 9.17) is 12.2 Å². The van der Waals surface area contributed by atoms with Crippen molar-refractivity contribution in [3.05, 3.63) is 23.9 Å². The summed E-state index contributed by atoms with van der Waals surface area (Å²) in [5.41, 5.74) is 2.44. The molecule has 0 saturated carbocycles. The summed E-state index contributed by atoms with van der Waals surface area (Å²) < 4.78 is 36.9. The predicted octanol–water partition coefficient (Wildman–Crippen LogP) is 1.93. The van der Waals surface area contributed by atoms with Gasteiger partial charge in [-0.1, -0.05) is 24.4 Å². The number of halogens is 3. The van der Waals surface area contributed by atoms with Crippen LogP contribution in [0, 0.1) is 0 Å². The zero-order valence-electron chi connectivity index (χ0n) is 11.1. The van der Waals surface area contributed by atoms with Gasteiger partial charge in [0.25, 0.3) is 0 Å². The van der Waals surface area contributed by atoms with Crippen molar-refractivity contribution in [2.45, 2.75) is 18.6 Å². The van der Waals surface area contributed by atoms with Gasteiger partial charge in [-0.3, -0.25) is 9.80 Å². The Labute approximate surface area is 122 Å². The van der Waals surface area contributed by atoms with Crippen molar-refractivity contribution in [3.63, 3.8) is 0 Å². The average Bonchev–Trinajstić information content (AvgIpc) is 2.39. The Morgan fingerprint density at radius 3 is 2.50 bits per heavy atom. The molecule has 0 radical (unpaired) electrons. The second-order valence-corrected chi connectivity index (χ2v) is 5.25. The predicted molar refractivity (Wildman–Crippen MR) is 76.5 cm³/mol. The number of rotatable bonds is 4. The number of alkyl halides is 3. The molecule has 0 amide bonds. The fourth-order valence-corrected chi connectivity index (χ4v) is 2.70. The van der Waals surface area contributed by atoms with E-state index < -0.39 is 12.7 Å². The quantitative estimate of drug-likeness (QED) is 0.800. The van der Waals surface area contributed by atoms with Gasteiger partial charge in [-0.05, 0) is 12.5 Å². The number of piperazine rings is 1. The molecule has 0 aromatic rings. The highest BCUT2D eigenvalue weighted by atomic mass is 32.1. The molecule has 0 aromatic carbocycles. The molecule has 1 saturated heterocycles. The highest BCUT2D eigenvalue weighted by Crippen LogP contribution is 2.20. The minimum Gasteiger partial charge on any atom is -0.353 e. The van der Waals surface area contributed by atoms with Crippen LogP contribution in [-0.2, 0) is 0 Å². The number of thiocarbonyl (C=S) groups is 1. The maximum absolute atomic E-state index is 12.3. The first-order chi connectivity index (χ1) is 9.48. The van der Waals surface area contributed by atoms with E-state index >= 15 is 0 Å². The molecule has 1 aliphatic heterocycles. The molecular weight excluding hydrogens is 287 g/mol. The van der Waals surface area contributed by atoms with Crippen LogP contribution in [0.15, 0.2) is 23.9 Å². The van der Waals surface area contributed by atoms with Crippen LogP contribution in [0.25, 0.3) is 0 Å². The Morgan fingerprint density at radius 2 is 2.00 bits per heavy atom. The van der Waals surface area contributed by atoms with Gasteiger partial charge in [-0.2, -0.15) is 13.2 Å². The molecule has 2 rings (SSSR count). The molecule has 1 aliphatic carbocycles. The van der Waals surface area contributed by atoms with Gasteiger partial charge in [0.15, 0.2) is 0 Å². The maximum Gasteiger partial charge on any atom is 0.401 e. The van der Waals surface area contributed by atoms with E-state index in [0.29, 0.717) is 26.2 Å². The van der Waals surface area contributed by atoms with Crippen molar-refractivity contribution >= 4 is 17.7 Å². The molecule has 1 atom stereocenters. The number of nitrogens with zero attached hydrogens (tertiary/aromatic N) is 2. The van der Waals surface area contributed by atoms with E-state index in [-0.39, 0.29) is 6.04 Å². The van der Waals surface area contributed by atoms with Crippen LogP contribution in [-0.4, -0.2) is 60.2 Å². The molecule has 112 valence electrons. The maximum atomic E-state index is 12.3. The van der Waals surface area contributed by atoms with E-state index in [0.717, 1.165) is 12.1 Å². The van der Waals surface area contributed by atoms with Crippen LogP contribution in [0.3, 0.4) is 0 Å². The summed E-state index contributed by atoms with van der Waals surface area (Å²) in [5.74, 6) is 0. The molecule has 0 spiro atoms. The lowest BCUT2D eigenvalue weighted by molar-refractivity contribution is -0.149. The number of hydrogen-bond acceptors (Lipinski definition) is 3. The largest absolute Gasteiger partial charge is 0.401 e. The van der Waals surface area contributed by atoms with Gasteiger partial charge in [0, 0.05) is 37.9 Å². The molecular formula is C13H18F3N3S. The number of allylic oxidation sites excluding steroid dienone is 1. The Kier molecular flexibility index (Phi) is 5.17. The molecule has 1 unspecified atom stereocenters. The van der Waals surface area contributed by atoms with Crippen LogP contribution in [0.1, 0.15) is 6.42 Å². The van der Waals surface area contributed by atoms with Gasteiger partial charge in [-0.15, -0.1) is 0 Å². The van der Waals surface area contributed by atoms with Crippen LogP contribution < -0.4 is 5.32 Å². The number of nitrogens with one attached hydrogen (secondary N) is 1. The molecule has 0 bridgehead atoms. The average molecular weight is 305 g/mol. The summed E-state index contributed by atoms with van der Waals surface area (Å²) in [6.07, 6.45) is 2.88. The SMILES string of the molecule is FC(F)(F)CN1CCN(C2C=CC(NC=S)=CC2)CC1. The van der Waals surface area contributed by atoms with Crippen molar-refractivity contribution < 1.29 is 13.2 Å². The molecule has 1 heterocycles. The fourth-order valence-electron chi connectivity index (χ4n) is 2.56. The zero-order chi connectivity index (χ0) is 14.6. The molecule has 20 heavy (non-hydrogen) atoms. The summed E-state index contributed by atoms with van der Waals surface area (Å²) in [6, 6.07) is 0.277. The van der Waals surface area contributed by atoms with Gasteiger partial charge < -0.3 is 5.32 Å². The van der Waals surface area contributed by atoms with E-state index in [1.807, 2.05) is 6.08 Å². The van der Waals surface area contributed by atoms with Gasteiger partial charge in [-0.25, -0.2) is 0 Å². The Balaban J connectivity index is 1.78. The van der Waals surface area contributed by atoms with Gasteiger partial charge >= 0.3 is 6.18 Å². The lowest BCUT2D eigenvalue weighted by Crippen LogP contribution is -2.52. The third kappa shape index (κ3) is 4.57. The molecule has 1 N–H and O–H groups in total. The zero-order valence-corrected chi connectivity index (χ0v) is 11.9. The summed E-state index contributed by atoms with van der Waals surface area (Å²) in [7, 11) is 0. The first-order valence-electron chi connectivity index (χ1n) is 6.59. The summed E-state index contributed by atoms with van der Waals surface area (Å²) >= 11 is 4.73. The normalized spacial score (nSPS) is 25.4. The molecule has 1 fully saturated rings. The standard InChI is InChI=1S/C13H18F3N3S/c14-13(15,16)9-18-5-7-19(8-6-18)12-3-1-11(2-4-12)17-10-20/h1-3,10,12H,4-9H2,(H,17,20). The molecule has 3 nitrogen and oxygen atoms in total. The van der Waals surface area contributed by atoms with Gasteiger partial charge in [0.2, 0.25) is 0 Å². The molecule has 2 aliphatic rings. The summed E-state index contributed by atoms with van der Waals surface area (Å²) in [4.78, 5) is 3.70. The third-order valence-corrected chi connectivity index (χ3v) is 3.70. The van der Waals surface area contributed by atoms with E-state index in [1.165, 1.54) is 10.4 Å². The van der Waals surface area contributed by atoms with Crippen molar-refractivity contribution in [1.29, 1.82) is 0 Å². The Morgan fingerprint density at radius 1 is 1.30 bits per heavy atom. The van der Waals surface area contributed by atoms with E-state index in [2.05, 4.69) is 22.4 Å². The summed E-state index contributed by atoms with van der Waals surface area (Å²) in [5, 5.41) is 2.95. The van der Waals surface area contributed by atoms with Gasteiger partial charge in [0.1, 0.15) is 0 Å². The first-order valence-corrected chi connectivity index (χ1v) is 7.07. The minimum atomic E-state index is -4.10.